The van der Waals surface area contributed by atoms with Crippen molar-refractivity contribution in [3.63, 3.8) is 0 Å². The molecule has 3 N–H and O–H groups in total. The highest BCUT2D eigenvalue weighted by molar-refractivity contribution is 9.10. The molecule has 20 heavy (non-hydrogen) atoms. The predicted octanol–water partition coefficient (Wildman–Crippen LogP) is 1.21. The number of benzene rings is 1. The topological polar surface area (TPSA) is 95.5 Å². The fourth-order valence-electron chi connectivity index (χ4n) is 1.60. The zero-order valence-corrected chi connectivity index (χ0v) is 13.8. The van der Waals surface area contributed by atoms with Crippen LogP contribution < -0.4 is 10.0 Å². The summed E-state index contributed by atoms with van der Waals surface area (Å²) in [6.45, 7) is 3.44. The van der Waals surface area contributed by atoms with Gasteiger partial charge in [-0.05, 0) is 48.0 Å². The second-order valence-electron chi connectivity index (χ2n) is 5.11. The maximum atomic E-state index is 11.9. The molecule has 0 aliphatic heterocycles. The maximum absolute atomic E-state index is 11.9. The van der Waals surface area contributed by atoms with Gasteiger partial charge in [-0.3, -0.25) is 4.79 Å². The Balaban J connectivity index is 2.69. The van der Waals surface area contributed by atoms with Gasteiger partial charge in [0.15, 0.2) is 0 Å². The standard InChI is InChI=1S/C12H17BrN2O4S/c1-12(2,15-20(3,18)19)7-14-11(17)8-4-5-9(13)10(16)6-8/h4-6,15-16H,7H2,1-3H3,(H,14,17). The van der Waals surface area contributed by atoms with Crippen molar-refractivity contribution < 1.29 is 18.3 Å². The number of rotatable bonds is 5. The first kappa shape index (κ1) is 16.9. The average Bonchev–Trinajstić information content (AvgIpc) is 2.26. The first-order valence-electron chi connectivity index (χ1n) is 5.76. The summed E-state index contributed by atoms with van der Waals surface area (Å²) in [5.74, 6) is -0.428. The highest BCUT2D eigenvalue weighted by Crippen LogP contribution is 2.24. The van der Waals surface area contributed by atoms with Gasteiger partial charge in [0.25, 0.3) is 5.91 Å². The van der Waals surface area contributed by atoms with E-state index in [4.69, 9.17) is 0 Å². The highest BCUT2D eigenvalue weighted by atomic mass is 79.9. The minimum absolute atomic E-state index is 0.0360. The number of phenolic OH excluding ortho intramolecular Hbond substituents is 1. The molecule has 0 aliphatic rings. The van der Waals surface area contributed by atoms with Crippen molar-refractivity contribution in [1.29, 1.82) is 0 Å². The fraction of sp³-hybridized carbons (Fsp3) is 0.417. The van der Waals surface area contributed by atoms with E-state index in [0.29, 0.717) is 10.0 Å². The lowest BCUT2D eigenvalue weighted by Gasteiger charge is -2.25. The number of aromatic hydroxyl groups is 1. The molecule has 0 radical (unpaired) electrons. The number of nitrogens with one attached hydrogen (secondary N) is 2. The molecule has 0 fully saturated rings. The normalized spacial score (nSPS) is 12.2. The molecule has 8 heteroatoms. The van der Waals surface area contributed by atoms with Crippen LogP contribution in [0.5, 0.6) is 5.75 Å². The van der Waals surface area contributed by atoms with Crippen molar-refractivity contribution in [1.82, 2.24) is 10.0 Å². The van der Waals surface area contributed by atoms with Gasteiger partial charge < -0.3 is 10.4 Å². The summed E-state index contributed by atoms with van der Waals surface area (Å²) in [6, 6.07) is 4.44. The minimum Gasteiger partial charge on any atom is -0.507 e. The van der Waals surface area contributed by atoms with Crippen LogP contribution >= 0.6 is 15.9 Å². The second kappa shape index (κ2) is 6.11. The van der Waals surface area contributed by atoms with Gasteiger partial charge >= 0.3 is 0 Å². The van der Waals surface area contributed by atoms with Gasteiger partial charge in [0, 0.05) is 17.6 Å². The molecule has 0 unspecified atom stereocenters. The molecule has 0 aromatic heterocycles. The Labute approximate surface area is 126 Å². The molecule has 6 nitrogen and oxygen atoms in total. The second-order valence-corrected chi connectivity index (χ2v) is 7.71. The molecular weight excluding hydrogens is 348 g/mol. The molecule has 0 saturated carbocycles. The third kappa shape index (κ3) is 5.48. The van der Waals surface area contributed by atoms with Crippen LogP contribution in [0.25, 0.3) is 0 Å². The number of halogens is 1. The monoisotopic (exact) mass is 364 g/mol. The van der Waals surface area contributed by atoms with Crippen LogP contribution in [0.3, 0.4) is 0 Å². The van der Waals surface area contributed by atoms with E-state index in [-0.39, 0.29) is 12.3 Å². The average molecular weight is 365 g/mol. The quantitative estimate of drug-likeness (QED) is 0.731. The van der Waals surface area contributed by atoms with Gasteiger partial charge in [-0.25, -0.2) is 13.1 Å². The van der Waals surface area contributed by atoms with E-state index < -0.39 is 21.5 Å². The Morgan fingerprint density at radius 1 is 1.40 bits per heavy atom. The summed E-state index contributed by atoms with van der Waals surface area (Å²) in [5.41, 5.74) is -0.512. The van der Waals surface area contributed by atoms with E-state index in [0.717, 1.165) is 6.26 Å². The highest BCUT2D eigenvalue weighted by Gasteiger charge is 2.23. The van der Waals surface area contributed by atoms with E-state index in [1.54, 1.807) is 26.0 Å². The van der Waals surface area contributed by atoms with Crippen molar-refractivity contribution in [2.24, 2.45) is 0 Å². The molecule has 1 aromatic carbocycles. The van der Waals surface area contributed by atoms with Gasteiger partial charge in [-0.15, -0.1) is 0 Å². The van der Waals surface area contributed by atoms with Gasteiger partial charge in [-0.1, -0.05) is 0 Å². The SMILES string of the molecule is CC(C)(CNC(=O)c1ccc(Br)c(O)c1)NS(C)(=O)=O. The first-order chi connectivity index (χ1) is 9.00. The van der Waals surface area contributed by atoms with E-state index in [1.807, 2.05) is 0 Å². The van der Waals surface area contributed by atoms with E-state index in [1.165, 1.54) is 6.07 Å². The molecule has 1 rings (SSSR count). The Morgan fingerprint density at radius 2 is 2.00 bits per heavy atom. The Hall–Kier alpha value is -1.12. The molecule has 0 bridgehead atoms. The molecule has 0 spiro atoms. The Kier molecular flexibility index (Phi) is 5.17. The number of amides is 1. The summed E-state index contributed by atoms with van der Waals surface area (Å²) in [6.07, 6.45) is 1.06. The van der Waals surface area contributed by atoms with Crippen molar-refractivity contribution in [3.8, 4) is 5.75 Å². The van der Waals surface area contributed by atoms with Crippen molar-refractivity contribution >= 4 is 31.9 Å². The number of sulfonamides is 1. The molecule has 0 atom stereocenters. The fourth-order valence-corrected chi connectivity index (χ4v) is 2.92. The van der Waals surface area contributed by atoms with Crippen LogP contribution in [0, 0.1) is 0 Å². The predicted molar refractivity (Wildman–Crippen MR) is 80.2 cm³/mol. The zero-order chi connectivity index (χ0) is 15.6. The zero-order valence-electron chi connectivity index (χ0n) is 11.4. The summed E-state index contributed by atoms with van der Waals surface area (Å²) >= 11 is 3.12. The van der Waals surface area contributed by atoms with Gasteiger partial charge in [-0.2, -0.15) is 0 Å². The van der Waals surface area contributed by atoms with Crippen LogP contribution in [-0.4, -0.2) is 37.8 Å². The smallest absolute Gasteiger partial charge is 0.251 e. The first-order valence-corrected chi connectivity index (χ1v) is 8.44. The maximum Gasteiger partial charge on any atom is 0.251 e. The van der Waals surface area contributed by atoms with E-state index in [2.05, 4.69) is 26.0 Å². The molecule has 112 valence electrons. The number of hydrogen-bond donors (Lipinski definition) is 3. The molecular formula is C12H17BrN2O4S. The van der Waals surface area contributed by atoms with E-state index in [9.17, 15) is 18.3 Å². The Bertz CT molecular complexity index is 614. The van der Waals surface area contributed by atoms with Gasteiger partial charge in [0.2, 0.25) is 10.0 Å². The summed E-state index contributed by atoms with van der Waals surface area (Å²) in [5, 5.41) is 12.1. The minimum atomic E-state index is -3.35. The number of hydrogen-bond acceptors (Lipinski definition) is 4. The third-order valence-electron chi connectivity index (χ3n) is 2.36. The Morgan fingerprint density at radius 3 is 2.50 bits per heavy atom. The number of carbonyl (C=O) groups excluding carboxylic acids is 1. The van der Waals surface area contributed by atoms with E-state index >= 15 is 0 Å². The largest absolute Gasteiger partial charge is 0.507 e. The summed E-state index contributed by atoms with van der Waals surface area (Å²) < 4.78 is 25.3. The lowest BCUT2D eigenvalue weighted by atomic mass is 10.1. The van der Waals surface area contributed by atoms with Crippen molar-refractivity contribution in [2.45, 2.75) is 19.4 Å². The van der Waals surface area contributed by atoms with Crippen LogP contribution in [0.2, 0.25) is 0 Å². The molecule has 1 amide bonds. The van der Waals surface area contributed by atoms with Crippen LogP contribution in [0.1, 0.15) is 24.2 Å². The molecule has 0 aliphatic carbocycles. The van der Waals surface area contributed by atoms with Gasteiger partial charge in [0.05, 0.1) is 10.7 Å². The van der Waals surface area contributed by atoms with Crippen LogP contribution in [0.4, 0.5) is 0 Å². The van der Waals surface area contributed by atoms with Crippen molar-refractivity contribution in [2.75, 3.05) is 12.8 Å². The molecule has 1 aromatic rings. The van der Waals surface area contributed by atoms with Crippen LogP contribution in [0.15, 0.2) is 22.7 Å². The lowest BCUT2D eigenvalue weighted by molar-refractivity contribution is 0.0944. The summed E-state index contributed by atoms with van der Waals surface area (Å²) in [7, 11) is -3.35. The van der Waals surface area contributed by atoms with Crippen molar-refractivity contribution in [3.05, 3.63) is 28.2 Å². The number of carbonyl (C=O) groups is 1. The lowest BCUT2D eigenvalue weighted by Crippen LogP contribution is -2.51. The molecule has 0 saturated heterocycles. The number of phenols is 1. The third-order valence-corrected chi connectivity index (χ3v) is 3.95. The summed E-state index contributed by atoms with van der Waals surface area (Å²) in [4.78, 5) is 11.9. The van der Waals surface area contributed by atoms with Crippen LogP contribution in [-0.2, 0) is 10.0 Å². The van der Waals surface area contributed by atoms with Gasteiger partial charge in [0.1, 0.15) is 5.75 Å². The molecule has 0 heterocycles.